The molecule has 1 fully saturated rings. The van der Waals surface area contributed by atoms with E-state index in [2.05, 4.69) is 20.6 Å². The number of aliphatic imine (C=N–C) groups is 1. The topological polar surface area (TPSA) is 78.9 Å². The molecular weight excluding hydrogens is 469 g/mol. The van der Waals surface area contributed by atoms with Crippen LogP contribution < -0.4 is 10.6 Å². The minimum absolute atomic E-state index is 0. The third kappa shape index (κ3) is 8.62. The lowest BCUT2D eigenvalue weighted by molar-refractivity contribution is 0.0104. The molecule has 0 bridgehead atoms. The van der Waals surface area contributed by atoms with Crippen molar-refractivity contribution in [1.29, 1.82) is 0 Å². The molecule has 1 saturated heterocycles. The minimum atomic E-state index is -0.481. The van der Waals surface area contributed by atoms with Gasteiger partial charge in [-0.2, -0.15) is 0 Å². The number of pyridine rings is 1. The molecule has 1 aromatic rings. The molecular formula is C20H34IN5O2. The average molecular weight is 503 g/mol. The smallest absolute Gasteiger partial charge is 0.410 e. The summed E-state index contributed by atoms with van der Waals surface area (Å²) in [4.78, 5) is 23.3. The van der Waals surface area contributed by atoms with Crippen molar-refractivity contribution in [2.75, 3.05) is 19.6 Å². The van der Waals surface area contributed by atoms with Crippen LogP contribution in [0.2, 0.25) is 0 Å². The molecule has 1 amide bonds. The lowest BCUT2D eigenvalue weighted by Gasteiger charge is -2.37. The number of nitrogens with one attached hydrogen (secondary N) is 2. The third-order valence-electron chi connectivity index (χ3n) is 4.23. The highest BCUT2D eigenvalue weighted by Gasteiger charge is 2.30. The monoisotopic (exact) mass is 503 g/mol. The summed E-state index contributed by atoms with van der Waals surface area (Å²) >= 11 is 0. The molecule has 158 valence electrons. The number of carbonyl (C=O) groups excluding carboxylic acids is 1. The van der Waals surface area contributed by atoms with Gasteiger partial charge in [0, 0.05) is 25.8 Å². The molecule has 8 heteroatoms. The Balaban J connectivity index is 0.00000392. The number of ether oxygens (including phenoxy) is 1. The van der Waals surface area contributed by atoms with Crippen LogP contribution in [0.4, 0.5) is 4.79 Å². The van der Waals surface area contributed by atoms with Crippen LogP contribution in [-0.2, 0) is 11.3 Å². The van der Waals surface area contributed by atoms with Gasteiger partial charge in [-0.05, 0) is 59.1 Å². The number of piperidine rings is 1. The Morgan fingerprint density at radius 2 is 2.11 bits per heavy atom. The van der Waals surface area contributed by atoms with Crippen molar-refractivity contribution >= 4 is 36.0 Å². The van der Waals surface area contributed by atoms with Crippen LogP contribution in [0.1, 0.15) is 52.7 Å². The first-order valence-corrected chi connectivity index (χ1v) is 9.80. The summed E-state index contributed by atoms with van der Waals surface area (Å²) in [5.74, 6) is 0.734. The maximum absolute atomic E-state index is 12.5. The zero-order valence-corrected chi connectivity index (χ0v) is 19.7. The standard InChI is InChI=1S/C20H33N5O2.HI/c1-5-21-18(23-14-16-10-6-8-12-22-16)24-15-17-11-7-9-13-25(17)19(26)27-20(2,3)4;/h6,8,10,12,17H,5,7,9,11,13-15H2,1-4H3,(H2,21,23,24);1H. The van der Waals surface area contributed by atoms with E-state index in [1.807, 2.05) is 50.8 Å². The average Bonchev–Trinajstić information content (AvgIpc) is 2.63. The van der Waals surface area contributed by atoms with Crippen LogP contribution in [0.25, 0.3) is 0 Å². The Labute approximate surface area is 185 Å². The Morgan fingerprint density at radius 1 is 1.32 bits per heavy atom. The predicted octanol–water partition coefficient (Wildman–Crippen LogP) is 3.54. The lowest BCUT2D eigenvalue weighted by atomic mass is 10.0. The van der Waals surface area contributed by atoms with Gasteiger partial charge in [0.25, 0.3) is 0 Å². The number of carbonyl (C=O) groups is 1. The van der Waals surface area contributed by atoms with Crippen LogP contribution >= 0.6 is 24.0 Å². The fourth-order valence-corrected chi connectivity index (χ4v) is 2.98. The lowest BCUT2D eigenvalue weighted by Crippen LogP contribution is -2.52. The van der Waals surface area contributed by atoms with Gasteiger partial charge in [0.05, 0.1) is 18.3 Å². The summed E-state index contributed by atoms with van der Waals surface area (Å²) < 4.78 is 5.57. The molecule has 28 heavy (non-hydrogen) atoms. The quantitative estimate of drug-likeness (QED) is 0.365. The number of halogens is 1. The van der Waals surface area contributed by atoms with E-state index in [4.69, 9.17) is 4.74 Å². The number of likely N-dealkylation sites (tertiary alicyclic amines) is 1. The van der Waals surface area contributed by atoms with Gasteiger partial charge in [-0.25, -0.2) is 9.79 Å². The van der Waals surface area contributed by atoms with Gasteiger partial charge in [-0.15, -0.1) is 24.0 Å². The molecule has 0 spiro atoms. The second-order valence-corrected chi connectivity index (χ2v) is 7.72. The van der Waals surface area contributed by atoms with Crippen molar-refractivity contribution in [1.82, 2.24) is 20.5 Å². The molecule has 2 N–H and O–H groups in total. The highest BCUT2D eigenvalue weighted by Crippen LogP contribution is 2.20. The number of amides is 1. The van der Waals surface area contributed by atoms with Crippen LogP contribution in [0.15, 0.2) is 29.4 Å². The number of nitrogens with zero attached hydrogens (tertiary/aromatic N) is 3. The first-order valence-electron chi connectivity index (χ1n) is 9.80. The molecule has 1 atom stereocenters. The molecule has 0 saturated carbocycles. The summed E-state index contributed by atoms with van der Waals surface area (Å²) in [5, 5.41) is 6.62. The summed E-state index contributed by atoms with van der Waals surface area (Å²) in [6, 6.07) is 5.91. The van der Waals surface area contributed by atoms with Gasteiger partial charge >= 0.3 is 6.09 Å². The maximum Gasteiger partial charge on any atom is 0.410 e. The predicted molar refractivity (Wildman–Crippen MR) is 123 cm³/mol. The molecule has 2 rings (SSSR count). The highest BCUT2D eigenvalue weighted by molar-refractivity contribution is 14.0. The number of hydrogen-bond donors (Lipinski definition) is 2. The molecule has 7 nitrogen and oxygen atoms in total. The normalized spacial score (nSPS) is 17.5. The Morgan fingerprint density at radius 3 is 2.75 bits per heavy atom. The van der Waals surface area contributed by atoms with E-state index in [1.165, 1.54) is 0 Å². The molecule has 2 heterocycles. The second-order valence-electron chi connectivity index (χ2n) is 7.72. The van der Waals surface area contributed by atoms with Crippen LogP contribution in [0, 0.1) is 0 Å². The van der Waals surface area contributed by atoms with Gasteiger partial charge in [-0.1, -0.05) is 6.07 Å². The van der Waals surface area contributed by atoms with Crippen molar-refractivity contribution in [3.63, 3.8) is 0 Å². The summed E-state index contributed by atoms with van der Waals surface area (Å²) in [6.07, 6.45) is 4.64. The molecule has 1 aliphatic rings. The zero-order chi connectivity index (χ0) is 19.7. The molecule has 0 aromatic carbocycles. The van der Waals surface area contributed by atoms with Crippen LogP contribution in [0.3, 0.4) is 0 Å². The highest BCUT2D eigenvalue weighted by atomic mass is 127. The first-order chi connectivity index (χ1) is 12.9. The van der Waals surface area contributed by atoms with Crippen molar-refractivity contribution < 1.29 is 9.53 Å². The Bertz CT molecular complexity index is 619. The molecule has 1 aromatic heterocycles. The van der Waals surface area contributed by atoms with E-state index < -0.39 is 5.60 Å². The van der Waals surface area contributed by atoms with Gasteiger partial charge < -0.3 is 20.3 Å². The van der Waals surface area contributed by atoms with Crippen molar-refractivity contribution in [2.24, 2.45) is 4.99 Å². The maximum atomic E-state index is 12.5. The van der Waals surface area contributed by atoms with E-state index in [0.717, 1.165) is 44.0 Å². The zero-order valence-electron chi connectivity index (χ0n) is 17.4. The van der Waals surface area contributed by atoms with Gasteiger partial charge in [-0.3, -0.25) is 4.98 Å². The van der Waals surface area contributed by atoms with E-state index in [-0.39, 0.29) is 36.1 Å². The number of rotatable bonds is 5. The Kier molecular flexibility index (Phi) is 10.6. The van der Waals surface area contributed by atoms with E-state index in [0.29, 0.717) is 13.1 Å². The van der Waals surface area contributed by atoms with Gasteiger partial charge in [0.2, 0.25) is 0 Å². The number of guanidine groups is 1. The fourth-order valence-electron chi connectivity index (χ4n) is 2.98. The molecule has 1 aliphatic heterocycles. The molecule has 0 radical (unpaired) electrons. The van der Waals surface area contributed by atoms with Gasteiger partial charge in [0.1, 0.15) is 5.60 Å². The Hall–Kier alpha value is -1.58. The van der Waals surface area contributed by atoms with Crippen molar-refractivity contribution in [2.45, 2.75) is 65.1 Å². The number of aromatic nitrogens is 1. The summed E-state index contributed by atoms with van der Waals surface area (Å²) in [6.45, 7) is 10.4. The molecule has 0 aliphatic carbocycles. The first kappa shape index (κ1) is 24.5. The number of hydrogen-bond acceptors (Lipinski definition) is 4. The third-order valence-corrected chi connectivity index (χ3v) is 4.23. The van der Waals surface area contributed by atoms with Crippen molar-refractivity contribution in [3.05, 3.63) is 30.1 Å². The van der Waals surface area contributed by atoms with Gasteiger partial charge in [0.15, 0.2) is 5.96 Å². The largest absolute Gasteiger partial charge is 0.444 e. The summed E-state index contributed by atoms with van der Waals surface area (Å²) in [5.41, 5.74) is 0.439. The SMILES string of the molecule is CCNC(=NCc1ccccn1)NCC1CCCCN1C(=O)OC(C)(C)C.I. The van der Waals surface area contributed by atoms with Crippen LogP contribution in [-0.4, -0.2) is 53.2 Å². The molecule has 1 unspecified atom stereocenters. The minimum Gasteiger partial charge on any atom is -0.444 e. The van der Waals surface area contributed by atoms with E-state index >= 15 is 0 Å². The summed E-state index contributed by atoms with van der Waals surface area (Å²) in [7, 11) is 0. The fraction of sp³-hybridized carbons (Fsp3) is 0.650. The second kappa shape index (κ2) is 12.1. The van der Waals surface area contributed by atoms with Crippen LogP contribution in [0.5, 0.6) is 0 Å². The van der Waals surface area contributed by atoms with E-state index in [9.17, 15) is 4.79 Å². The van der Waals surface area contributed by atoms with Crippen molar-refractivity contribution in [3.8, 4) is 0 Å². The van der Waals surface area contributed by atoms with E-state index in [1.54, 1.807) is 6.20 Å².